The summed E-state index contributed by atoms with van der Waals surface area (Å²) in [7, 11) is 0. The fourth-order valence-corrected chi connectivity index (χ4v) is 2.42. The highest BCUT2D eigenvalue weighted by Crippen LogP contribution is 2.29. The van der Waals surface area contributed by atoms with Crippen LogP contribution in [0.15, 0.2) is 18.2 Å². The predicted molar refractivity (Wildman–Crippen MR) is 75.1 cm³/mol. The van der Waals surface area contributed by atoms with Gasteiger partial charge < -0.3 is 9.47 Å². The van der Waals surface area contributed by atoms with E-state index in [4.69, 9.17) is 9.47 Å². The average Bonchev–Trinajstić information content (AvgIpc) is 2.62. The lowest BCUT2D eigenvalue weighted by atomic mass is 10.0. The lowest BCUT2D eigenvalue weighted by Crippen LogP contribution is -2.26. The smallest absolute Gasteiger partial charge is 0.347 e. The molecule has 1 aliphatic carbocycles. The van der Waals surface area contributed by atoms with Crippen LogP contribution in [0.1, 0.15) is 49.0 Å². The lowest BCUT2D eigenvalue weighted by molar-refractivity contribution is -0.150. The van der Waals surface area contributed by atoms with Gasteiger partial charge in [-0.05, 0) is 44.7 Å². The highest BCUT2D eigenvalue weighted by atomic mass is 16.6. The Balaban J connectivity index is 2.24. The van der Waals surface area contributed by atoms with Crippen molar-refractivity contribution in [2.75, 3.05) is 6.61 Å². The van der Waals surface area contributed by atoms with Crippen LogP contribution >= 0.6 is 0 Å². The van der Waals surface area contributed by atoms with E-state index >= 15 is 0 Å². The molecule has 1 aliphatic rings. The number of aryl methyl sites for hydroxylation is 1. The Morgan fingerprint density at radius 1 is 1.30 bits per heavy atom. The number of Topliss-reactive ketones (excluding diaryl/α,β-unsaturated/α-hetero) is 1. The molecule has 0 saturated carbocycles. The molecule has 2 rings (SSSR count). The summed E-state index contributed by atoms with van der Waals surface area (Å²) in [6, 6.07) is 5.57. The normalized spacial score (nSPS) is 16.0. The van der Waals surface area contributed by atoms with Crippen molar-refractivity contribution in [2.45, 2.75) is 45.6 Å². The van der Waals surface area contributed by atoms with Crippen molar-refractivity contribution in [3.05, 3.63) is 29.3 Å². The Hall–Kier alpha value is -1.84. The first-order valence-electron chi connectivity index (χ1n) is 7.12. The van der Waals surface area contributed by atoms with E-state index in [1.54, 1.807) is 19.9 Å². The minimum absolute atomic E-state index is 0.101. The highest BCUT2D eigenvalue weighted by Gasteiger charge is 2.23. The molecule has 108 valence electrons. The second kappa shape index (κ2) is 6.55. The van der Waals surface area contributed by atoms with Crippen molar-refractivity contribution in [2.24, 2.45) is 0 Å². The number of hydrogen-bond donors (Lipinski definition) is 0. The molecular formula is C16H20O4. The van der Waals surface area contributed by atoms with Crippen molar-refractivity contribution >= 4 is 11.8 Å². The second-order valence-electron chi connectivity index (χ2n) is 4.93. The fourth-order valence-electron chi connectivity index (χ4n) is 2.42. The number of rotatable bonds is 4. The molecule has 0 bridgehead atoms. The highest BCUT2D eigenvalue weighted by molar-refractivity contribution is 6.00. The molecule has 0 aliphatic heterocycles. The largest absolute Gasteiger partial charge is 0.478 e. The molecule has 0 aromatic heterocycles. The van der Waals surface area contributed by atoms with Gasteiger partial charge in [0.2, 0.25) is 0 Å². The third-order valence-corrected chi connectivity index (χ3v) is 3.41. The van der Waals surface area contributed by atoms with Crippen molar-refractivity contribution < 1.29 is 19.1 Å². The maximum Gasteiger partial charge on any atom is 0.347 e. The first-order chi connectivity index (χ1) is 9.63. The number of hydrogen-bond acceptors (Lipinski definition) is 4. The maximum atomic E-state index is 12.2. The number of benzene rings is 1. The van der Waals surface area contributed by atoms with Gasteiger partial charge in [-0.25, -0.2) is 4.79 Å². The van der Waals surface area contributed by atoms with Gasteiger partial charge in [0, 0.05) is 6.42 Å². The van der Waals surface area contributed by atoms with Crippen LogP contribution in [0.25, 0.3) is 0 Å². The standard InChI is InChI=1S/C16H20O4/c1-3-19-16(18)11(2)20-14-10-6-8-12-7-4-5-9-13(17)15(12)14/h6,8,10-11H,3-5,7,9H2,1-2H3. The molecule has 1 aromatic rings. The Kier molecular flexibility index (Phi) is 4.77. The van der Waals surface area contributed by atoms with Crippen LogP contribution in [0.5, 0.6) is 5.75 Å². The molecule has 4 heteroatoms. The first-order valence-corrected chi connectivity index (χ1v) is 7.12. The second-order valence-corrected chi connectivity index (χ2v) is 4.93. The van der Waals surface area contributed by atoms with Crippen LogP contribution in [0.3, 0.4) is 0 Å². The molecule has 1 aromatic carbocycles. The SMILES string of the molecule is CCOC(=O)C(C)Oc1cccc2c1C(=O)CCCC2. The van der Waals surface area contributed by atoms with E-state index in [1.165, 1.54) is 0 Å². The molecule has 1 unspecified atom stereocenters. The van der Waals surface area contributed by atoms with Gasteiger partial charge in [-0.1, -0.05) is 12.1 Å². The first kappa shape index (κ1) is 14.6. The monoisotopic (exact) mass is 276 g/mol. The molecule has 0 radical (unpaired) electrons. The van der Waals surface area contributed by atoms with E-state index in [1.807, 2.05) is 12.1 Å². The van der Waals surface area contributed by atoms with Crippen LogP contribution in [-0.2, 0) is 16.0 Å². The third kappa shape index (κ3) is 3.18. The van der Waals surface area contributed by atoms with Gasteiger partial charge in [-0.15, -0.1) is 0 Å². The summed E-state index contributed by atoms with van der Waals surface area (Å²) in [5.41, 5.74) is 1.65. The molecule has 0 amide bonds. The summed E-state index contributed by atoms with van der Waals surface area (Å²) >= 11 is 0. The summed E-state index contributed by atoms with van der Waals surface area (Å²) in [4.78, 5) is 23.8. The number of ether oxygens (including phenoxy) is 2. The average molecular weight is 276 g/mol. The lowest BCUT2D eigenvalue weighted by Gasteiger charge is -2.17. The molecule has 1 atom stereocenters. The quantitative estimate of drug-likeness (QED) is 0.626. The molecule has 0 spiro atoms. The summed E-state index contributed by atoms with van der Waals surface area (Å²) in [6.45, 7) is 3.71. The maximum absolute atomic E-state index is 12.2. The van der Waals surface area contributed by atoms with E-state index in [2.05, 4.69) is 0 Å². The van der Waals surface area contributed by atoms with Crippen molar-refractivity contribution in [3.63, 3.8) is 0 Å². The predicted octanol–water partition coefficient (Wildman–Crippen LogP) is 2.93. The zero-order valence-corrected chi connectivity index (χ0v) is 12.0. The summed E-state index contributed by atoms with van der Waals surface area (Å²) in [5, 5.41) is 0. The van der Waals surface area contributed by atoms with Gasteiger partial charge in [0.15, 0.2) is 11.9 Å². The van der Waals surface area contributed by atoms with Gasteiger partial charge >= 0.3 is 5.97 Å². The Morgan fingerprint density at radius 3 is 2.80 bits per heavy atom. The Bertz CT molecular complexity index is 507. The van der Waals surface area contributed by atoms with E-state index in [0.717, 1.165) is 24.8 Å². The zero-order chi connectivity index (χ0) is 14.5. The van der Waals surface area contributed by atoms with Crippen LogP contribution in [0.4, 0.5) is 0 Å². The molecule has 0 heterocycles. The molecule has 4 nitrogen and oxygen atoms in total. The van der Waals surface area contributed by atoms with E-state index in [-0.39, 0.29) is 5.78 Å². The van der Waals surface area contributed by atoms with Crippen molar-refractivity contribution in [1.29, 1.82) is 0 Å². The molecule has 0 N–H and O–H groups in total. The molecular weight excluding hydrogens is 256 g/mol. The molecule has 0 fully saturated rings. The van der Waals surface area contributed by atoms with Crippen LogP contribution < -0.4 is 4.74 Å². The molecule has 0 saturated heterocycles. The van der Waals surface area contributed by atoms with Crippen LogP contribution in [-0.4, -0.2) is 24.5 Å². The van der Waals surface area contributed by atoms with E-state index in [0.29, 0.717) is 24.3 Å². The number of carbonyl (C=O) groups is 2. The number of esters is 1. The number of fused-ring (bicyclic) bond motifs is 1. The van der Waals surface area contributed by atoms with Gasteiger partial charge in [-0.2, -0.15) is 0 Å². The Labute approximate surface area is 119 Å². The van der Waals surface area contributed by atoms with Crippen molar-refractivity contribution in [1.82, 2.24) is 0 Å². The third-order valence-electron chi connectivity index (χ3n) is 3.41. The van der Waals surface area contributed by atoms with E-state index < -0.39 is 12.1 Å². The van der Waals surface area contributed by atoms with E-state index in [9.17, 15) is 9.59 Å². The topological polar surface area (TPSA) is 52.6 Å². The number of ketones is 1. The van der Waals surface area contributed by atoms with Gasteiger partial charge in [0.05, 0.1) is 12.2 Å². The van der Waals surface area contributed by atoms with Gasteiger partial charge in [0.1, 0.15) is 5.75 Å². The fraction of sp³-hybridized carbons (Fsp3) is 0.500. The molecule has 20 heavy (non-hydrogen) atoms. The Morgan fingerprint density at radius 2 is 2.05 bits per heavy atom. The zero-order valence-electron chi connectivity index (χ0n) is 12.0. The minimum Gasteiger partial charge on any atom is -0.478 e. The minimum atomic E-state index is -0.711. The summed E-state index contributed by atoms with van der Waals surface area (Å²) in [6.07, 6.45) is 2.63. The van der Waals surface area contributed by atoms with Crippen LogP contribution in [0, 0.1) is 0 Å². The van der Waals surface area contributed by atoms with Crippen LogP contribution in [0.2, 0.25) is 0 Å². The summed E-state index contributed by atoms with van der Waals surface area (Å²) in [5.74, 6) is 0.185. The van der Waals surface area contributed by atoms with Gasteiger partial charge in [-0.3, -0.25) is 4.79 Å². The van der Waals surface area contributed by atoms with Gasteiger partial charge in [0.25, 0.3) is 0 Å². The van der Waals surface area contributed by atoms with Crippen molar-refractivity contribution in [3.8, 4) is 5.75 Å². The number of carbonyl (C=O) groups excluding carboxylic acids is 2. The summed E-state index contributed by atoms with van der Waals surface area (Å²) < 4.78 is 10.6.